The normalized spacial score (nSPS) is 10.8. The summed E-state index contributed by atoms with van der Waals surface area (Å²) in [6, 6.07) is 11.2. The van der Waals surface area contributed by atoms with E-state index < -0.39 is 5.97 Å². The first kappa shape index (κ1) is 20.4. The number of aromatic nitrogens is 2. The molecule has 0 unspecified atom stereocenters. The Morgan fingerprint density at radius 3 is 2.45 bits per heavy atom. The first-order valence-electron chi connectivity index (χ1n) is 9.32. The van der Waals surface area contributed by atoms with E-state index in [1.165, 1.54) is 11.6 Å². The lowest BCUT2D eigenvalue weighted by Gasteiger charge is -2.10. The van der Waals surface area contributed by atoms with E-state index in [1.54, 1.807) is 14.0 Å². The van der Waals surface area contributed by atoms with Crippen molar-refractivity contribution in [1.82, 2.24) is 9.72 Å². The van der Waals surface area contributed by atoms with Crippen LogP contribution >= 0.6 is 0 Å². The maximum absolute atomic E-state index is 12.6. The molecule has 3 aromatic rings. The standard InChI is InChI=1S/C22H24N2O5/c1-14-11-21(29-23-14)22(26)28-13-20(25)19-12-15(2)24(16(19)3)10-9-17-5-7-18(27-4)8-6-17/h5-8,11-12H,9-10,13H2,1-4H3. The SMILES string of the molecule is COc1ccc(CCn2c(C)cc(C(=O)COC(=O)c3cc(C)no3)c2C)cc1. The van der Waals surface area contributed by atoms with Crippen LogP contribution in [0.15, 0.2) is 40.9 Å². The average Bonchev–Trinajstić information content (AvgIpc) is 3.28. The van der Waals surface area contributed by atoms with E-state index in [4.69, 9.17) is 14.0 Å². The predicted molar refractivity (Wildman–Crippen MR) is 106 cm³/mol. The molecule has 152 valence electrons. The quantitative estimate of drug-likeness (QED) is 0.426. The first-order valence-corrected chi connectivity index (χ1v) is 9.32. The van der Waals surface area contributed by atoms with Gasteiger partial charge in [0.15, 0.2) is 6.61 Å². The van der Waals surface area contributed by atoms with Gasteiger partial charge in [0.1, 0.15) is 5.75 Å². The Morgan fingerprint density at radius 1 is 1.10 bits per heavy atom. The predicted octanol–water partition coefficient (Wildman–Crippen LogP) is 3.69. The molecule has 0 saturated carbocycles. The zero-order valence-corrected chi connectivity index (χ0v) is 17.0. The van der Waals surface area contributed by atoms with Crippen molar-refractivity contribution < 1.29 is 23.6 Å². The average molecular weight is 396 g/mol. The van der Waals surface area contributed by atoms with Crippen molar-refractivity contribution in [2.75, 3.05) is 13.7 Å². The van der Waals surface area contributed by atoms with Gasteiger partial charge >= 0.3 is 5.97 Å². The Kier molecular flexibility index (Phi) is 6.16. The fourth-order valence-electron chi connectivity index (χ4n) is 3.20. The summed E-state index contributed by atoms with van der Waals surface area (Å²) in [5.41, 5.74) is 4.15. The molecular formula is C22H24N2O5. The Balaban J connectivity index is 1.62. The topological polar surface area (TPSA) is 83.6 Å². The third kappa shape index (κ3) is 4.74. The zero-order valence-electron chi connectivity index (χ0n) is 17.0. The molecule has 0 fully saturated rings. The van der Waals surface area contributed by atoms with Gasteiger partial charge < -0.3 is 18.6 Å². The second-order valence-corrected chi connectivity index (χ2v) is 6.87. The van der Waals surface area contributed by atoms with E-state index in [9.17, 15) is 9.59 Å². The number of hydrogen-bond donors (Lipinski definition) is 0. The molecule has 0 aliphatic rings. The van der Waals surface area contributed by atoms with Crippen LogP contribution in [-0.2, 0) is 17.7 Å². The lowest BCUT2D eigenvalue weighted by Crippen LogP contribution is -2.15. The number of nitrogens with zero attached hydrogens (tertiary/aromatic N) is 2. The summed E-state index contributed by atoms with van der Waals surface area (Å²) >= 11 is 0. The maximum atomic E-state index is 12.6. The highest BCUT2D eigenvalue weighted by Crippen LogP contribution is 2.18. The summed E-state index contributed by atoms with van der Waals surface area (Å²) in [6.45, 7) is 5.96. The minimum Gasteiger partial charge on any atom is -0.497 e. The van der Waals surface area contributed by atoms with Gasteiger partial charge in [-0.1, -0.05) is 17.3 Å². The molecule has 0 bridgehead atoms. The molecule has 0 spiro atoms. The van der Waals surface area contributed by atoms with Gasteiger partial charge in [-0.05, 0) is 51.0 Å². The summed E-state index contributed by atoms with van der Waals surface area (Å²) in [6.07, 6.45) is 0.827. The Bertz CT molecular complexity index is 1010. The van der Waals surface area contributed by atoms with Gasteiger partial charge in [0.25, 0.3) is 0 Å². The minimum absolute atomic E-state index is 0.0136. The van der Waals surface area contributed by atoms with Crippen molar-refractivity contribution in [3.63, 3.8) is 0 Å². The van der Waals surface area contributed by atoms with Crippen molar-refractivity contribution in [1.29, 1.82) is 0 Å². The van der Waals surface area contributed by atoms with Crippen LogP contribution in [0.3, 0.4) is 0 Å². The number of rotatable bonds is 8. The number of hydrogen-bond acceptors (Lipinski definition) is 6. The number of carbonyl (C=O) groups excluding carboxylic acids is 2. The molecule has 0 N–H and O–H groups in total. The van der Waals surface area contributed by atoms with E-state index in [0.29, 0.717) is 11.3 Å². The zero-order chi connectivity index (χ0) is 21.0. The third-order valence-corrected chi connectivity index (χ3v) is 4.82. The van der Waals surface area contributed by atoms with Gasteiger partial charge in [-0.15, -0.1) is 0 Å². The van der Waals surface area contributed by atoms with E-state index in [2.05, 4.69) is 9.72 Å². The van der Waals surface area contributed by atoms with Gasteiger partial charge in [0, 0.05) is 29.6 Å². The second kappa shape index (κ2) is 8.77. The van der Waals surface area contributed by atoms with Gasteiger partial charge in [-0.3, -0.25) is 4.79 Å². The lowest BCUT2D eigenvalue weighted by molar-refractivity contribution is 0.0435. The molecule has 7 heteroatoms. The number of ether oxygens (including phenoxy) is 2. The number of aryl methyl sites for hydroxylation is 3. The van der Waals surface area contributed by atoms with Crippen LogP contribution < -0.4 is 4.74 Å². The third-order valence-electron chi connectivity index (χ3n) is 4.82. The lowest BCUT2D eigenvalue weighted by atomic mass is 10.1. The van der Waals surface area contributed by atoms with E-state index >= 15 is 0 Å². The summed E-state index contributed by atoms with van der Waals surface area (Å²) in [7, 11) is 1.64. The number of methoxy groups -OCH3 is 1. The molecule has 2 aromatic heterocycles. The molecule has 0 amide bonds. The maximum Gasteiger partial charge on any atom is 0.377 e. The van der Waals surface area contributed by atoms with Crippen LogP contribution in [0.2, 0.25) is 0 Å². The second-order valence-electron chi connectivity index (χ2n) is 6.87. The largest absolute Gasteiger partial charge is 0.497 e. The van der Waals surface area contributed by atoms with Crippen molar-refractivity contribution >= 4 is 11.8 Å². The van der Waals surface area contributed by atoms with Gasteiger partial charge in [0.05, 0.1) is 12.8 Å². The van der Waals surface area contributed by atoms with E-state index in [-0.39, 0.29) is 18.2 Å². The number of Topliss-reactive ketones (excluding diaryl/α,β-unsaturated/α-hetero) is 1. The number of ketones is 1. The van der Waals surface area contributed by atoms with Crippen LogP contribution in [0.25, 0.3) is 0 Å². The molecular weight excluding hydrogens is 372 g/mol. The molecule has 7 nitrogen and oxygen atoms in total. The molecule has 3 rings (SSSR count). The fourth-order valence-corrected chi connectivity index (χ4v) is 3.20. The number of benzene rings is 1. The van der Waals surface area contributed by atoms with Crippen molar-refractivity contribution in [2.45, 2.75) is 33.7 Å². The van der Waals surface area contributed by atoms with Crippen molar-refractivity contribution in [2.24, 2.45) is 0 Å². The van der Waals surface area contributed by atoms with Crippen LogP contribution in [0.5, 0.6) is 5.75 Å². The first-order chi connectivity index (χ1) is 13.9. The van der Waals surface area contributed by atoms with Crippen LogP contribution in [-0.4, -0.2) is 35.2 Å². The highest BCUT2D eigenvalue weighted by Gasteiger charge is 2.19. The summed E-state index contributed by atoms with van der Waals surface area (Å²) in [5, 5.41) is 3.64. The Morgan fingerprint density at radius 2 is 1.83 bits per heavy atom. The molecule has 1 aromatic carbocycles. The monoisotopic (exact) mass is 396 g/mol. The summed E-state index contributed by atoms with van der Waals surface area (Å²) < 4.78 is 17.2. The highest BCUT2D eigenvalue weighted by atomic mass is 16.6. The summed E-state index contributed by atoms with van der Waals surface area (Å²) in [4.78, 5) is 24.5. The van der Waals surface area contributed by atoms with Crippen molar-refractivity contribution in [3.05, 3.63) is 70.4 Å². The van der Waals surface area contributed by atoms with E-state index in [0.717, 1.165) is 30.1 Å². The van der Waals surface area contributed by atoms with Gasteiger partial charge in [-0.2, -0.15) is 0 Å². The molecule has 0 aliphatic heterocycles. The Labute approximate surface area is 169 Å². The minimum atomic E-state index is -0.702. The van der Waals surface area contributed by atoms with Crippen LogP contribution in [0.1, 0.15) is 43.6 Å². The number of esters is 1. The highest BCUT2D eigenvalue weighted by molar-refractivity contribution is 6.00. The number of carbonyl (C=O) groups is 2. The van der Waals surface area contributed by atoms with Crippen LogP contribution in [0.4, 0.5) is 0 Å². The summed E-state index contributed by atoms with van der Waals surface area (Å²) in [5.74, 6) is -0.143. The molecule has 29 heavy (non-hydrogen) atoms. The molecule has 2 heterocycles. The molecule has 0 radical (unpaired) electrons. The van der Waals surface area contributed by atoms with E-state index in [1.807, 2.05) is 44.2 Å². The molecule has 0 saturated heterocycles. The fraction of sp³-hybridized carbons (Fsp3) is 0.318. The molecule has 0 atom stereocenters. The van der Waals surface area contributed by atoms with Crippen molar-refractivity contribution in [3.8, 4) is 5.75 Å². The smallest absolute Gasteiger partial charge is 0.377 e. The molecule has 0 aliphatic carbocycles. The van der Waals surface area contributed by atoms with Crippen LogP contribution in [0, 0.1) is 20.8 Å². The Hall–Kier alpha value is -3.35. The van der Waals surface area contributed by atoms with Gasteiger partial charge in [0.2, 0.25) is 11.5 Å². The van der Waals surface area contributed by atoms with Gasteiger partial charge in [-0.25, -0.2) is 4.79 Å².